The molecule has 0 spiro atoms. The molecule has 13 heavy (non-hydrogen) atoms. The first-order valence-corrected chi connectivity index (χ1v) is 4.53. The lowest BCUT2D eigenvalue weighted by molar-refractivity contribution is 0.0700. The molecule has 0 bridgehead atoms. The summed E-state index contributed by atoms with van der Waals surface area (Å²) in [5.41, 5.74) is 1.00. The highest BCUT2D eigenvalue weighted by Crippen LogP contribution is 2.17. The summed E-state index contributed by atoms with van der Waals surface area (Å²) in [5.74, 6) is 0. The van der Waals surface area contributed by atoms with Gasteiger partial charge in [-0.2, -0.15) is 4.99 Å². The number of aliphatic imine (C=N–C) groups is 1. The summed E-state index contributed by atoms with van der Waals surface area (Å²) in [4.78, 5) is 3.93. The van der Waals surface area contributed by atoms with Gasteiger partial charge in [0.05, 0.1) is 5.16 Å². The number of isothiocyanates is 1. The summed E-state index contributed by atoms with van der Waals surface area (Å²) in [5, 5.41) is 2.33. The largest absolute Gasteiger partial charge is 0.352 e. The van der Waals surface area contributed by atoms with Crippen LogP contribution in [-0.2, 0) is 4.74 Å². The van der Waals surface area contributed by atoms with E-state index in [1.54, 1.807) is 0 Å². The van der Waals surface area contributed by atoms with Crippen molar-refractivity contribution in [3.8, 4) is 0 Å². The smallest absolute Gasteiger partial charge is 0.183 e. The lowest BCUT2D eigenvalue weighted by atomic mass is 10.2. The third-order valence-electron chi connectivity index (χ3n) is 1.58. The molecule has 1 unspecified atom stereocenters. The standard InChI is InChI=1S/C10H11NOS/c1-2-12-10(11-8-13)9-6-4-3-5-7-9/h3-7,10H,2H2,1H3. The van der Waals surface area contributed by atoms with Crippen LogP contribution in [0.15, 0.2) is 35.3 Å². The Morgan fingerprint density at radius 3 is 2.69 bits per heavy atom. The second-order valence-electron chi connectivity index (χ2n) is 2.44. The number of ether oxygens (including phenoxy) is 1. The van der Waals surface area contributed by atoms with E-state index in [9.17, 15) is 0 Å². The highest BCUT2D eigenvalue weighted by atomic mass is 32.1. The van der Waals surface area contributed by atoms with Crippen molar-refractivity contribution >= 4 is 17.4 Å². The van der Waals surface area contributed by atoms with Crippen LogP contribution < -0.4 is 0 Å². The zero-order valence-electron chi connectivity index (χ0n) is 7.43. The molecular formula is C10H11NOS. The molecule has 68 valence electrons. The maximum atomic E-state index is 5.37. The molecule has 0 aliphatic carbocycles. The van der Waals surface area contributed by atoms with Crippen LogP contribution in [0, 0.1) is 0 Å². The van der Waals surface area contributed by atoms with Crippen LogP contribution in [0.2, 0.25) is 0 Å². The molecule has 0 heterocycles. The SMILES string of the molecule is CCOC(N=C=S)c1ccccc1. The van der Waals surface area contributed by atoms with Crippen LogP contribution in [0.4, 0.5) is 0 Å². The number of hydrogen-bond acceptors (Lipinski definition) is 3. The first kappa shape index (κ1) is 10.1. The number of hydrogen-bond donors (Lipinski definition) is 0. The van der Waals surface area contributed by atoms with Gasteiger partial charge in [-0.05, 0) is 19.1 Å². The fourth-order valence-electron chi connectivity index (χ4n) is 1.03. The molecule has 0 saturated heterocycles. The maximum absolute atomic E-state index is 5.37. The van der Waals surface area contributed by atoms with Crippen molar-refractivity contribution in [1.82, 2.24) is 0 Å². The van der Waals surface area contributed by atoms with E-state index in [0.29, 0.717) is 6.61 Å². The molecule has 1 aromatic rings. The van der Waals surface area contributed by atoms with Gasteiger partial charge in [0, 0.05) is 12.2 Å². The number of nitrogens with zero attached hydrogens (tertiary/aromatic N) is 1. The lowest BCUT2D eigenvalue weighted by Gasteiger charge is -2.10. The van der Waals surface area contributed by atoms with Crippen LogP contribution in [0.3, 0.4) is 0 Å². The van der Waals surface area contributed by atoms with Crippen LogP contribution in [0.5, 0.6) is 0 Å². The zero-order chi connectivity index (χ0) is 9.52. The van der Waals surface area contributed by atoms with Gasteiger partial charge in [-0.15, -0.1) is 0 Å². The van der Waals surface area contributed by atoms with Crippen molar-refractivity contribution in [2.24, 2.45) is 4.99 Å². The van der Waals surface area contributed by atoms with Gasteiger partial charge in [-0.25, -0.2) is 0 Å². The molecule has 0 aromatic heterocycles. The molecule has 0 aliphatic rings. The molecule has 0 fully saturated rings. The Balaban J connectivity index is 2.81. The van der Waals surface area contributed by atoms with E-state index in [4.69, 9.17) is 4.74 Å². The Bertz CT molecular complexity index is 293. The summed E-state index contributed by atoms with van der Waals surface area (Å²) in [7, 11) is 0. The fraction of sp³-hybridized carbons (Fsp3) is 0.300. The van der Waals surface area contributed by atoms with Crippen LogP contribution in [0.1, 0.15) is 18.7 Å². The number of benzene rings is 1. The van der Waals surface area contributed by atoms with E-state index in [-0.39, 0.29) is 6.23 Å². The third-order valence-corrected chi connectivity index (χ3v) is 1.68. The first-order valence-electron chi connectivity index (χ1n) is 4.12. The van der Waals surface area contributed by atoms with E-state index in [2.05, 4.69) is 22.4 Å². The van der Waals surface area contributed by atoms with Gasteiger partial charge in [-0.1, -0.05) is 30.3 Å². The molecular weight excluding hydrogens is 182 g/mol. The molecule has 0 N–H and O–H groups in total. The van der Waals surface area contributed by atoms with Crippen LogP contribution in [0.25, 0.3) is 0 Å². The molecule has 1 rings (SSSR count). The van der Waals surface area contributed by atoms with Gasteiger partial charge in [0.15, 0.2) is 6.23 Å². The van der Waals surface area contributed by atoms with Crippen molar-refractivity contribution in [2.75, 3.05) is 6.61 Å². The average molecular weight is 193 g/mol. The monoisotopic (exact) mass is 193 g/mol. The van der Waals surface area contributed by atoms with Gasteiger partial charge in [-0.3, -0.25) is 0 Å². The van der Waals surface area contributed by atoms with Crippen LogP contribution in [-0.4, -0.2) is 11.8 Å². The quantitative estimate of drug-likeness (QED) is 0.541. The minimum atomic E-state index is -0.302. The first-order chi connectivity index (χ1) is 6.38. The molecule has 0 amide bonds. The van der Waals surface area contributed by atoms with Gasteiger partial charge in [0.25, 0.3) is 0 Å². The van der Waals surface area contributed by atoms with Gasteiger partial charge >= 0.3 is 0 Å². The minimum Gasteiger partial charge on any atom is -0.352 e. The Hall–Kier alpha value is -1.02. The van der Waals surface area contributed by atoms with Crippen molar-refractivity contribution in [1.29, 1.82) is 0 Å². The summed E-state index contributed by atoms with van der Waals surface area (Å²) in [6.45, 7) is 2.54. The van der Waals surface area contributed by atoms with E-state index in [1.165, 1.54) is 0 Å². The average Bonchev–Trinajstić information content (AvgIpc) is 2.19. The predicted octanol–water partition coefficient (Wildman–Crippen LogP) is 2.82. The summed E-state index contributed by atoms with van der Waals surface area (Å²) >= 11 is 4.55. The Morgan fingerprint density at radius 2 is 2.15 bits per heavy atom. The van der Waals surface area contributed by atoms with Gasteiger partial charge in [0.1, 0.15) is 0 Å². The predicted molar refractivity (Wildman–Crippen MR) is 55.8 cm³/mol. The zero-order valence-corrected chi connectivity index (χ0v) is 8.25. The molecule has 1 aromatic carbocycles. The molecule has 1 atom stereocenters. The molecule has 2 nitrogen and oxygen atoms in total. The van der Waals surface area contributed by atoms with Crippen LogP contribution >= 0.6 is 12.2 Å². The second-order valence-corrected chi connectivity index (χ2v) is 2.62. The van der Waals surface area contributed by atoms with Crippen molar-refractivity contribution < 1.29 is 4.74 Å². The summed E-state index contributed by atoms with van der Waals surface area (Å²) in [6, 6.07) is 9.75. The van der Waals surface area contributed by atoms with Crippen molar-refractivity contribution in [3.63, 3.8) is 0 Å². The van der Waals surface area contributed by atoms with Crippen molar-refractivity contribution in [2.45, 2.75) is 13.2 Å². The topological polar surface area (TPSA) is 21.6 Å². The maximum Gasteiger partial charge on any atom is 0.183 e. The molecule has 3 heteroatoms. The van der Waals surface area contributed by atoms with Gasteiger partial charge in [0.2, 0.25) is 0 Å². The number of rotatable bonds is 4. The second kappa shape index (κ2) is 5.60. The highest BCUT2D eigenvalue weighted by molar-refractivity contribution is 7.78. The van der Waals surface area contributed by atoms with E-state index in [0.717, 1.165) is 5.56 Å². The summed E-state index contributed by atoms with van der Waals surface area (Å²) in [6.07, 6.45) is -0.302. The molecule has 0 radical (unpaired) electrons. The number of thiocarbonyl (C=S) groups is 1. The lowest BCUT2D eigenvalue weighted by Crippen LogP contribution is -2.00. The molecule has 0 aliphatic heterocycles. The Labute approximate surface area is 83.3 Å². The Kier molecular flexibility index (Phi) is 4.33. The minimum absolute atomic E-state index is 0.302. The summed E-state index contributed by atoms with van der Waals surface area (Å²) < 4.78 is 5.37. The van der Waals surface area contributed by atoms with E-state index >= 15 is 0 Å². The highest BCUT2D eigenvalue weighted by Gasteiger charge is 2.06. The normalized spacial score (nSPS) is 11.8. The molecule has 0 saturated carbocycles. The van der Waals surface area contributed by atoms with E-state index in [1.807, 2.05) is 37.3 Å². The third kappa shape index (κ3) is 3.07. The van der Waals surface area contributed by atoms with Gasteiger partial charge < -0.3 is 4.74 Å². The van der Waals surface area contributed by atoms with Crippen molar-refractivity contribution in [3.05, 3.63) is 35.9 Å². The fourth-order valence-corrected chi connectivity index (χ4v) is 1.13. The van der Waals surface area contributed by atoms with E-state index < -0.39 is 0 Å². The Morgan fingerprint density at radius 1 is 1.46 bits per heavy atom.